The highest BCUT2D eigenvalue weighted by molar-refractivity contribution is 7.85. The Hall–Kier alpha value is 0.220. The van der Waals surface area contributed by atoms with Crippen molar-refractivity contribution in [3.05, 3.63) is 0 Å². The van der Waals surface area contributed by atoms with Crippen molar-refractivity contribution in [3.8, 4) is 0 Å². The molecule has 0 radical (unpaired) electrons. The molecule has 0 saturated carbocycles. The van der Waals surface area contributed by atoms with Crippen molar-refractivity contribution in [2.75, 3.05) is 51.2 Å². The Morgan fingerprint density at radius 3 is 2.39 bits per heavy atom. The molecule has 104 valence electrons. The quantitative estimate of drug-likeness (QED) is 0.309. The fourth-order valence-corrected chi connectivity index (χ4v) is 7.08. The summed E-state index contributed by atoms with van der Waals surface area (Å²) in [6.45, 7) is 4.40. The van der Waals surface area contributed by atoms with E-state index in [4.69, 9.17) is 0 Å². The Kier molecular flexibility index (Phi) is 3.41. The average molecular weight is 293 g/mol. The molecule has 4 heterocycles. The standard InChI is InChI=1S/C10H20N3O3PS/c14-18(15,16)4-2-1-3-13-6-11-5-12(7-13)9-17(8-11)10-13/h1-10H2. The van der Waals surface area contributed by atoms with Gasteiger partial charge in [0.25, 0.3) is 0 Å². The molecular formula is C10H20N3O3PS. The lowest BCUT2D eigenvalue weighted by Gasteiger charge is -2.60. The molecule has 6 nitrogen and oxygen atoms in total. The summed E-state index contributed by atoms with van der Waals surface area (Å²) in [4.78, 5) is 5.07. The zero-order valence-electron chi connectivity index (χ0n) is 10.5. The van der Waals surface area contributed by atoms with Crippen LogP contribution in [0.5, 0.6) is 0 Å². The average Bonchev–Trinajstić information content (AvgIpc) is 2.21. The van der Waals surface area contributed by atoms with Crippen LogP contribution in [-0.2, 0) is 10.1 Å². The summed E-state index contributed by atoms with van der Waals surface area (Å²) in [7, 11) is -3.89. The largest absolute Gasteiger partial charge is 0.748 e. The van der Waals surface area contributed by atoms with Crippen molar-refractivity contribution in [2.45, 2.75) is 12.8 Å². The maximum atomic E-state index is 10.6. The van der Waals surface area contributed by atoms with Crippen molar-refractivity contribution in [3.63, 3.8) is 0 Å². The van der Waals surface area contributed by atoms with Crippen molar-refractivity contribution in [1.82, 2.24) is 9.80 Å². The van der Waals surface area contributed by atoms with Crippen LogP contribution < -0.4 is 0 Å². The molecule has 2 atom stereocenters. The molecule has 4 saturated heterocycles. The molecule has 4 fully saturated rings. The van der Waals surface area contributed by atoms with E-state index in [9.17, 15) is 13.0 Å². The fraction of sp³-hybridized carbons (Fsp3) is 1.00. The van der Waals surface area contributed by atoms with Gasteiger partial charge in [-0.1, -0.05) is 0 Å². The smallest absolute Gasteiger partial charge is 0.137 e. The van der Waals surface area contributed by atoms with E-state index in [0.29, 0.717) is 6.42 Å². The first-order chi connectivity index (χ1) is 8.44. The summed E-state index contributed by atoms with van der Waals surface area (Å²) in [5.74, 6) is -0.199. The van der Waals surface area contributed by atoms with Gasteiger partial charge in [-0.2, -0.15) is 0 Å². The Bertz CT molecular complexity index is 393. The van der Waals surface area contributed by atoms with Gasteiger partial charge >= 0.3 is 0 Å². The van der Waals surface area contributed by atoms with Crippen LogP contribution in [0.3, 0.4) is 0 Å². The molecule has 0 spiro atoms. The molecular weight excluding hydrogens is 273 g/mol. The van der Waals surface area contributed by atoms with Crippen LogP contribution in [-0.4, -0.2) is 78.4 Å². The van der Waals surface area contributed by atoms with Crippen molar-refractivity contribution >= 4 is 18.0 Å². The lowest BCUT2D eigenvalue weighted by Crippen LogP contribution is -2.71. The maximum absolute atomic E-state index is 10.6. The molecule has 4 aliphatic heterocycles. The Balaban J connectivity index is 1.53. The van der Waals surface area contributed by atoms with Crippen LogP contribution in [0.25, 0.3) is 0 Å². The van der Waals surface area contributed by atoms with Crippen LogP contribution in [0.1, 0.15) is 12.8 Å². The first-order valence-electron chi connectivity index (χ1n) is 6.40. The fourth-order valence-electron chi connectivity index (χ4n) is 3.60. The predicted molar refractivity (Wildman–Crippen MR) is 68.7 cm³/mol. The van der Waals surface area contributed by atoms with Crippen LogP contribution in [0, 0.1) is 0 Å². The molecule has 4 bridgehead atoms. The minimum atomic E-state index is -4.03. The molecule has 0 aromatic heterocycles. The Labute approximate surface area is 110 Å². The highest BCUT2D eigenvalue weighted by atomic mass is 32.2. The first-order valence-corrected chi connectivity index (χ1v) is 9.87. The zero-order chi connectivity index (χ0) is 12.8. The van der Waals surface area contributed by atoms with Crippen LogP contribution >= 0.6 is 7.92 Å². The van der Waals surface area contributed by atoms with Gasteiger partial charge in [0.05, 0.1) is 23.3 Å². The summed E-state index contributed by atoms with van der Waals surface area (Å²) >= 11 is 0. The second-order valence-electron chi connectivity index (χ2n) is 5.90. The SMILES string of the molecule is O=S(=O)([O-])CCCC[N+]12CN3CN(CP(C3)C1)C2. The van der Waals surface area contributed by atoms with E-state index in [1.807, 2.05) is 0 Å². The summed E-state index contributed by atoms with van der Waals surface area (Å²) in [6.07, 6.45) is 5.25. The summed E-state index contributed by atoms with van der Waals surface area (Å²) in [5, 5.41) is 0. The summed E-state index contributed by atoms with van der Waals surface area (Å²) < 4.78 is 32.9. The third kappa shape index (κ3) is 2.86. The monoisotopic (exact) mass is 293 g/mol. The van der Waals surface area contributed by atoms with Gasteiger partial charge in [-0.3, -0.25) is 4.48 Å². The van der Waals surface area contributed by atoms with Gasteiger partial charge < -0.3 is 4.55 Å². The third-order valence-electron chi connectivity index (χ3n) is 3.98. The second-order valence-corrected chi connectivity index (χ2v) is 9.61. The van der Waals surface area contributed by atoms with Gasteiger partial charge in [-0.25, -0.2) is 18.2 Å². The van der Waals surface area contributed by atoms with E-state index >= 15 is 0 Å². The number of nitrogens with zero attached hydrogens (tertiary/aromatic N) is 3. The number of rotatable bonds is 5. The molecule has 18 heavy (non-hydrogen) atoms. The molecule has 8 heteroatoms. The van der Waals surface area contributed by atoms with Gasteiger partial charge in [0.15, 0.2) is 0 Å². The molecule has 2 unspecified atom stereocenters. The number of hydrogen-bond donors (Lipinski definition) is 0. The minimum absolute atomic E-state index is 0.140. The van der Waals surface area contributed by atoms with Gasteiger partial charge in [0.2, 0.25) is 0 Å². The Morgan fingerprint density at radius 1 is 1.17 bits per heavy atom. The lowest BCUT2D eigenvalue weighted by atomic mass is 10.3. The molecule has 0 aromatic carbocycles. The predicted octanol–water partition coefficient (Wildman–Crippen LogP) is 0.000300. The summed E-state index contributed by atoms with van der Waals surface area (Å²) in [6, 6.07) is 0. The summed E-state index contributed by atoms with van der Waals surface area (Å²) in [5.41, 5.74) is 0. The van der Waals surface area contributed by atoms with E-state index in [-0.39, 0.29) is 13.7 Å². The van der Waals surface area contributed by atoms with Crippen molar-refractivity contribution < 1.29 is 17.5 Å². The number of unbranched alkanes of at least 4 members (excludes halogenated alkanes) is 1. The minimum Gasteiger partial charge on any atom is -0.748 e. The van der Waals surface area contributed by atoms with E-state index in [0.717, 1.165) is 37.5 Å². The van der Waals surface area contributed by atoms with E-state index in [2.05, 4.69) is 9.80 Å². The Morgan fingerprint density at radius 2 is 1.83 bits per heavy atom. The highest BCUT2D eigenvalue weighted by Crippen LogP contribution is 2.50. The topological polar surface area (TPSA) is 63.7 Å². The normalized spacial score (nSPS) is 42.4. The van der Waals surface area contributed by atoms with Gasteiger partial charge in [-0.15, -0.1) is 0 Å². The lowest BCUT2D eigenvalue weighted by molar-refractivity contribution is -0.948. The van der Waals surface area contributed by atoms with Crippen LogP contribution in [0.2, 0.25) is 0 Å². The second kappa shape index (κ2) is 4.65. The van der Waals surface area contributed by atoms with E-state index in [1.165, 1.54) is 18.9 Å². The zero-order valence-corrected chi connectivity index (χ0v) is 12.2. The third-order valence-corrected chi connectivity index (χ3v) is 7.37. The van der Waals surface area contributed by atoms with Gasteiger partial charge in [0.1, 0.15) is 19.6 Å². The maximum Gasteiger partial charge on any atom is 0.137 e. The van der Waals surface area contributed by atoms with Gasteiger partial charge in [0, 0.05) is 18.3 Å². The molecule has 0 aliphatic carbocycles. The number of hydrogen-bond acceptors (Lipinski definition) is 5. The number of quaternary nitrogens is 1. The van der Waals surface area contributed by atoms with Crippen LogP contribution in [0.15, 0.2) is 0 Å². The van der Waals surface area contributed by atoms with E-state index < -0.39 is 10.1 Å². The van der Waals surface area contributed by atoms with Crippen molar-refractivity contribution in [2.24, 2.45) is 0 Å². The molecule has 0 N–H and O–H groups in total. The molecule has 4 aliphatic rings. The van der Waals surface area contributed by atoms with Crippen LogP contribution in [0.4, 0.5) is 0 Å². The molecule has 4 rings (SSSR count). The van der Waals surface area contributed by atoms with Crippen molar-refractivity contribution in [1.29, 1.82) is 0 Å². The first kappa shape index (κ1) is 13.2. The highest BCUT2D eigenvalue weighted by Gasteiger charge is 2.48. The molecule has 0 aromatic rings. The van der Waals surface area contributed by atoms with E-state index in [1.54, 1.807) is 0 Å². The van der Waals surface area contributed by atoms with Gasteiger partial charge in [-0.05, 0) is 20.8 Å². The molecule has 0 amide bonds.